The summed E-state index contributed by atoms with van der Waals surface area (Å²) in [5.74, 6) is 0. The van der Waals surface area contributed by atoms with Crippen molar-refractivity contribution in [3.05, 3.63) is 70.1 Å². The van der Waals surface area contributed by atoms with Crippen LogP contribution in [0.4, 0.5) is 0 Å². The molecule has 0 spiro atoms. The number of thiophene rings is 1. The first-order chi connectivity index (χ1) is 11.3. The molecule has 1 aromatic heterocycles. The van der Waals surface area contributed by atoms with Gasteiger partial charge in [-0.05, 0) is 40.1 Å². The molecule has 0 amide bonds. The zero-order valence-electron chi connectivity index (χ0n) is 12.8. The van der Waals surface area contributed by atoms with E-state index in [1.165, 1.54) is 21.2 Å². The van der Waals surface area contributed by atoms with Crippen molar-refractivity contribution in [2.24, 2.45) is 0 Å². The van der Waals surface area contributed by atoms with Crippen LogP contribution in [0.2, 0.25) is 5.02 Å². The summed E-state index contributed by atoms with van der Waals surface area (Å²) in [7, 11) is 0. The Labute approximate surface area is 145 Å². The van der Waals surface area contributed by atoms with E-state index in [2.05, 4.69) is 58.1 Å². The first-order valence-electron chi connectivity index (χ1n) is 7.99. The van der Waals surface area contributed by atoms with Crippen molar-refractivity contribution in [1.82, 2.24) is 10.2 Å². The van der Waals surface area contributed by atoms with E-state index in [0.29, 0.717) is 0 Å². The molecule has 2 heterocycles. The molecule has 0 radical (unpaired) electrons. The van der Waals surface area contributed by atoms with Gasteiger partial charge in [-0.3, -0.25) is 4.90 Å². The maximum atomic E-state index is 6.28. The van der Waals surface area contributed by atoms with Gasteiger partial charge in [-0.25, -0.2) is 0 Å². The number of nitrogens with zero attached hydrogens (tertiary/aromatic N) is 1. The topological polar surface area (TPSA) is 15.3 Å². The molecule has 1 fully saturated rings. The lowest BCUT2D eigenvalue weighted by Crippen LogP contribution is -2.45. The van der Waals surface area contributed by atoms with Gasteiger partial charge in [0.25, 0.3) is 0 Å². The molecule has 3 aromatic rings. The average molecular weight is 343 g/mol. The maximum Gasteiger partial charge on any atom is 0.0617 e. The fourth-order valence-electron chi connectivity index (χ4n) is 3.41. The largest absolute Gasteiger partial charge is 0.314 e. The quantitative estimate of drug-likeness (QED) is 0.751. The predicted octanol–water partition coefficient (Wildman–Crippen LogP) is 4.55. The molecule has 23 heavy (non-hydrogen) atoms. The van der Waals surface area contributed by atoms with Crippen molar-refractivity contribution in [2.75, 3.05) is 26.2 Å². The molecule has 1 atom stereocenters. The van der Waals surface area contributed by atoms with Crippen molar-refractivity contribution >= 4 is 33.0 Å². The van der Waals surface area contributed by atoms with Gasteiger partial charge in [-0.1, -0.05) is 41.9 Å². The summed E-state index contributed by atoms with van der Waals surface area (Å²) in [6, 6.07) is 17.3. The Morgan fingerprint density at radius 2 is 1.87 bits per heavy atom. The molecule has 0 bridgehead atoms. The summed E-state index contributed by atoms with van der Waals surface area (Å²) in [4.78, 5) is 2.57. The summed E-state index contributed by atoms with van der Waals surface area (Å²) in [6.07, 6.45) is 0. The third-order valence-corrected chi connectivity index (χ3v) is 5.70. The van der Waals surface area contributed by atoms with E-state index in [9.17, 15) is 0 Å². The Morgan fingerprint density at radius 1 is 1.04 bits per heavy atom. The average Bonchev–Trinajstić information content (AvgIpc) is 3.00. The fourth-order valence-corrected chi connectivity index (χ4v) is 4.59. The minimum Gasteiger partial charge on any atom is -0.314 e. The van der Waals surface area contributed by atoms with E-state index in [0.717, 1.165) is 31.2 Å². The highest BCUT2D eigenvalue weighted by atomic mass is 35.5. The molecule has 4 heteroatoms. The van der Waals surface area contributed by atoms with Crippen LogP contribution in [-0.4, -0.2) is 31.1 Å². The minimum absolute atomic E-state index is 0.270. The minimum atomic E-state index is 0.270. The monoisotopic (exact) mass is 342 g/mol. The van der Waals surface area contributed by atoms with Gasteiger partial charge >= 0.3 is 0 Å². The standard InChI is InChI=1S/C19H19ClN2S/c20-15-5-3-4-14(12-15)19(22-10-8-21-9-11-22)17-13-23-18-7-2-1-6-16(17)18/h1-7,12-13,19,21H,8-11H2. The molecule has 2 aromatic carbocycles. The van der Waals surface area contributed by atoms with E-state index in [1.54, 1.807) is 0 Å². The van der Waals surface area contributed by atoms with Crippen LogP contribution in [0.1, 0.15) is 17.2 Å². The first kappa shape index (κ1) is 15.2. The molecule has 1 saturated heterocycles. The second-order valence-electron chi connectivity index (χ2n) is 5.93. The van der Waals surface area contributed by atoms with Gasteiger partial charge in [0.1, 0.15) is 0 Å². The molecule has 0 aliphatic carbocycles. The van der Waals surface area contributed by atoms with E-state index in [4.69, 9.17) is 11.6 Å². The summed E-state index contributed by atoms with van der Waals surface area (Å²) in [5, 5.41) is 7.94. The smallest absolute Gasteiger partial charge is 0.0617 e. The maximum absolute atomic E-state index is 6.28. The molecule has 1 unspecified atom stereocenters. The summed E-state index contributed by atoms with van der Waals surface area (Å²) < 4.78 is 1.35. The number of hydrogen-bond acceptors (Lipinski definition) is 3. The lowest BCUT2D eigenvalue weighted by molar-refractivity contribution is 0.199. The third kappa shape index (κ3) is 3.02. The molecule has 2 nitrogen and oxygen atoms in total. The summed E-state index contributed by atoms with van der Waals surface area (Å²) in [6.45, 7) is 4.20. The van der Waals surface area contributed by atoms with Crippen molar-refractivity contribution in [2.45, 2.75) is 6.04 Å². The van der Waals surface area contributed by atoms with Crippen LogP contribution in [0, 0.1) is 0 Å². The highest BCUT2D eigenvalue weighted by Gasteiger charge is 2.26. The van der Waals surface area contributed by atoms with Crippen LogP contribution in [-0.2, 0) is 0 Å². The van der Waals surface area contributed by atoms with Crippen LogP contribution < -0.4 is 5.32 Å². The predicted molar refractivity (Wildman–Crippen MR) is 99.6 cm³/mol. The first-order valence-corrected chi connectivity index (χ1v) is 9.25. The molecule has 118 valence electrons. The molecule has 0 saturated carbocycles. The zero-order chi connectivity index (χ0) is 15.6. The zero-order valence-corrected chi connectivity index (χ0v) is 14.4. The van der Waals surface area contributed by atoms with E-state index < -0.39 is 0 Å². The number of halogens is 1. The highest BCUT2D eigenvalue weighted by Crippen LogP contribution is 2.37. The van der Waals surface area contributed by atoms with Gasteiger partial charge in [0, 0.05) is 35.9 Å². The Hall–Kier alpha value is -1.39. The van der Waals surface area contributed by atoms with Crippen molar-refractivity contribution in [3.63, 3.8) is 0 Å². The lowest BCUT2D eigenvalue weighted by atomic mass is 9.96. The SMILES string of the molecule is Clc1cccc(C(c2csc3ccccc23)N2CCNCC2)c1. The Balaban J connectivity index is 1.84. The van der Waals surface area contributed by atoms with Crippen molar-refractivity contribution < 1.29 is 0 Å². The van der Waals surface area contributed by atoms with Gasteiger partial charge in [0.2, 0.25) is 0 Å². The normalized spacial score (nSPS) is 17.4. The fraction of sp³-hybridized carbons (Fsp3) is 0.263. The van der Waals surface area contributed by atoms with Crippen molar-refractivity contribution in [3.8, 4) is 0 Å². The van der Waals surface area contributed by atoms with Crippen LogP contribution in [0.25, 0.3) is 10.1 Å². The molecule has 1 aliphatic heterocycles. The summed E-state index contributed by atoms with van der Waals surface area (Å²) in [5.41, 5.74) is 2.68. The second-order valence-corrected chi connectivity index (χ2v) is 7.28. The number of rotatable bonds is 3. The van der Waals surface area contributed by atoms with Crippen LogP contribution in [0.3, 0.4) is 0 Å². The second kappa shape index (κ2) is 6.62. The van der Waals surface area contributed by atoms with Crippen LogP contribution >= 0.6 is 22.9 Å². The molecule has 1 aliphatic rings. The Bertz CT molecular complexity index is 808. The van der Waals surface area contributed by atoms with Gasteiger partial charge < -0.3 is 5.32 Å². The van der Waals surface area contributed by atoms with Gasteiger partial charge in [0.05, 0.1) is 6.04 Å². The Kier molecular flexibility index (Phi) is 4.36. The number of benzene rings is 2. The number of fused-ring (bicyclic) bond motifs is 1. The Morgan fingerprint density at radius 3 is 2.70 bits per heavy atom. The number of hydrogen-bond donors (Lipinski definition) is 1. The molecule has 4 rings (SSSR count). The lowest BCUT2D eigenvalue weighted by Gasteiger charge is -2.35. The van der Waals surface area contributed by atoms with Crippen molar-refractivity contribution in [1.29, 1.82) is 0 Å². The van der Waals surface area contributed by atoms with E-state index in [-0.39, 0.29) is 6.04 Å². The highest BCUT2D eigenvalue weighted by molar-refractivity contribution is 7.17. The van der Waals surface area contributed by atoms with Crippen LogP contribution in [0.5, 0.6) is 0 Å². The molecular formula is C19H19ClN2S. The summed E-state index contributed by atoms with van der Waals surface area (Å²) >= 11 is 8.11. The van der Waals surface area contributed by atoms with E-state index in [1.807, 2.05) is 17.4 Å². The molecular weight excluding hydrogens is 324 g/mol. The van der Waals surface area contributed by atoms with Gasteiger partial charge in [-0.2, -0.15) is 0 Å². The number of piperazine rings is 1. The van der Waals surface area contributed by atoms with Gasteiger partial charge in [0.15, 0.2) is 0 Å². The third-order valence-electron chi connectivity index (χ3n) is 4.49. The number of nitrogens with one attached hydrogen (secondary N) is 1. The van der Waals surface area contributed by atoms with E-state index >= 15 is 0 Å². The molecule has 1 N–H and O–H groups in total. The van der Waals surface area contributed by atoms with Gasteiger partial charge in [-0.15, -0.1) is 11.3 Å². The van der Waals surface area contributed by atoms with Crippen LogP contribution in [0.15, 0.2) is 53.9 Å².